The minimum atomic E-state index is -0.667. The number of amides is 1. The molecule has 1 amide bonds. The molecule has 1 heterocycles. The lowest BCUT2D eigenvalue weighted by Gasteiger charge is -2.12. The van der Waals surface area contributed by atoms with Crippen LogP contribution in [0.4, 0.5) is 5.69 Å². The number of ether oxygens (including phenoxy) is 2. The number of rotatable bonds is 5. The molecule has 3 aromatic rings. The summed E-state index contributed by atoms with van der Waals surface area (Å²) in [6.45, 7) is 0. The highest BCUT2D eigenvalue weighted by Crippen LogP contribution is 2.39. The molecule has 0 atom stereocenters. The second-order valence-electron chi connectivity index (χ2n) is 6.01. The molecule has 29 heavy (non-hydrogen) atoms. The number of esters is 1. The zero-order valence-electron chi connectivity index (χ0n) is 15.4. The van der Waals surface area contributed by atoms with E-state index in [9.17, 15) is 14.4 Å². The van der Waals surface area contributed by atoms with E-state index in [2.05, 4.69) is 15.0 Å². The fourth-order valence-corrected chi connectivity index (χ4v) is 3.07. The Bertz CT molecular complexity index is 1150. The fraction of sp³-hybridized carbons (Fsp3) is 0.158. The lowest BCUT2D eigenvalue weighted by atomic mass is 10.2. The van der Waals surface area contributed by atoms with Crippen LogP contribution in [0.2, 0.25) is 10.0 Å². The Balaban J connectivity index is 1.84. The molecule has 3 rings (SSSR count). The molecule has 0 bridgehead atoms. The van der Waals surface area contributed by atoms with Crippen LogP contribution in [0.25, 0.3) is 10.9 Å². The van der Waals surface area contributed by atoms with E-state index in [1.165, 1.54) is 30.1 Å². The lowest BCUT2D eigenvalue weighted by Crippen LogP contribution is -2.17. The number of methoxy groups -OCH3 is 1. The summed E-state index contributed by atoms with van der Waals surface area (Å²) < 4.78 is 11.6. The Morgan fingerprint density at radius 1 is 1.17 bits per heavy atom. The molecule has 1 N–H and O–H groups in total. The number of carbonyl (C=O) groups excluding carboxylic acids is 2. The van der Waals surface area contributed by atoms with Gasteiger partial charge in [-0.15, -0.1) is 0 Å². The van der Waals surface area contributed by atoms with Gasteiger partial charge in [-0.3, -0.25) is 14.4 Å². The predicted molar refractivity (Wildman–Crippen MR) is 109 cm³/mol. The molecular formula is C19H15Cl2N3O5. The Hall–Kier alpha value is -3.10. The van der Waals surface area contributed by atoms with Crippen LogP contribution < -0.4 is 15.6 Å². The molecule has 0 radical (unpaired) electrons. The summed E-state index contributed by atoms with van der Waals surface area (Å²) in [6, 6.07) is 7.67. The minimum Gasteiger partial charge on any atom is -0.469 e. The van der Waals surface area contributed by atoms with Crippen LogP contribution in [-0.4, -0.2) is 28.5 Å². The van der Waals surface area contributed by atoms with Crippen LogP contribution in [-0.2, 0) is 21.4 Å². The first-order valence-electron chi connectivity index (χ1n) is 8.27. The maximum atomic E-state index is 12.1. The van der Waals surface area contributed by atoms with Crippen LogP contribution in [0.1, 0.15) is 6.42 Å². The number of nitrogens with one attached hydrogen (secondary N) is 1. The zero-order chi connectivity index (χ0) is 21.1. The van der Waals surface area contributed by atoms with Crippen molar-refractivity contribution in [1.29, 1.82) is 0 Å². The van der Waals surface area contributed by atoms with Crippen LogP contribution >= 0.6 is 23.2 Å². The van der Waals surface area contributed by atoms with Gasteiger partial charge in [0.15, 0.2) is 5.75 Å². The molecule has 150 valence electrons. The molecule has 0 unspecified atom stereocenters. The van der Waals surface area contributed by atoms with Crippen molar-refractivity contribution in [3.8, 4) is 11.5 Å². The van der Waals surface area contributed by atoms with Gasteiger partial charge in [0.1, 0.15) is 12.2 Å². The summed E-state index contributed by atoms with van der Waals surface area (Å²) in [6.07, 6.45) is 0.980. The molecule has 0 aliphatic carbocycles. The van der Waals surface area contributed by atoms with E-state index in [0.29, 0.717) is 22.3 Å². The third-order valence-electron chi connectivity index (χ3n) is 3.92. The summed E-state index contributed by atoms with van der Waals surface area (Å²) in [7, 11) is 2.81. The number of aromatic nitrogens is 2. The molecule has 0 aliphatic heterocycles. The minimum absolute atomic E-state index is 0.142. The summed E-state index contributed by atoms with van der Waals surface area (Å²) >= 11 is 12.5. The first kappa shape index (κ1) is 20.6. The number of hydrogen-bond donors (Lipinski definition) is 1. The zero-order valence-corrected chi connectivity index (χ0v) is 16.9. The van der Waals surface area contributed by atoms with E-state index < -0.39 is 18.3 Å². The van der Waals surface area contributed by atoms with Crippen molar-refractivity contribution in [3.05, 3.63) is 57.1 Å². The second kappa shape index (κ2) is 8.50. The van der Waals surface area contributed by atoms with Gasteiger partial charge in [0, 0.05) is 18.8 Å². The SMILES string of the molecule is COC(=O)CC(=O)Nc1cc(Cl)c(Oc2ccc3c(=O)n(C)cnc3c2)c(Cl)c1. The molecular weight excluding hydrogens is 421 g/mol. The summed E-state index contributed by atoms with van der Waals surface area (Å²) in [5.41, 5.74) is 0.583. The van der Waals surface area contributed by atoms with Crippen LogP contribution in [0.3, 0.4) is 0 Å². The molecule has 0 fully saturated rings. The molecule has 0 aliphatic rings. The standard InChI is InChI=1S/C19H15Cl2N3O5/c1-24-9-22-15-7-11(3-4-12(15)19(24)27)29-18-13(20)5-10(6-14(18)21)23-16(25)8-17(26)28-2/h3-7,9H,8H2,1-2H3,(H,23,25). The predicted octanol–water partition coefficient (Wildman–Crippen LogP) is 3.53. The molecule has 10 heteroatoms. The molecule has 1 aromatic heterocycles. The number of benzene rings is 2. The first-order valence-corrected chi connectivity index (χ1v) is 9.03. The summed E-state index contributed by atoms with van der Waals surface area (Å²) in [5.74, 6) is -0.689. The summed E-state index contributed by atoms with van der Waals surface area (Å²) in [4.78, 5) is 39.2. The van der Waals surface area contributed by atoms with Gasteiger partial charge in [-0.1, -0.05) is 23.2 Å². The van der Waals surface area contributed by atoms with Gasteiger partial charge in [-0.2, -0.15) is 0 Å². The normalized spacial score (nSPS) is 10.6. The van der Waals surface area contributed by atoms with Crippen molar-refractivity contribution >= 4 is 51.7 Å². The van der Waals surface area contributed by atoms with Crippen molar-refractivity contribution in [2.45, 2.75) is 6.42 Å². The monoisotopic (exact) mass is 435 g/mol. The van der Waals surface area contributed by atoms with E-state index >= 15 is 0 Å². The van der Waals surface area contributed by atoms with Crippen LogP contribution in [0.15, 0.2) is 41.5 Å². The van der Waals surface area contributed by atoms with E-state index in [-0.39, 0.29) is 21.4 Å². The van der Waals surface area contributed by atoms with Gasteiger partial charge in [0.2, 0.25) is 5.91 Å². The highest BCUT2D eigenvalue weighted by Gasteiger charge is 2.15. The topological polar surface area (TPSA) is 99.5 Å². The number of halogens is 2. The Morgan fingerprint density at radius 2 is 1.86 bits per heavy atom. The average molecular weight is 436 g/mol. The van der Waals surface area contributed by atoms with Crippen molar-refractivity contribution in [2.24, 2.45) is 7.05 Å². The maximum Gasteiger partial charge on any atom is 0.315 e. The third kappa shape index (κ3) is 4.67. The number of carbonyl (C=O) groups is 2. The largest absolute Gasteiger partial charge is 0.469 e. The van der Waals surface area contributed by atoms with E-state index in [0.717, 1.165) is 0 Å². The Labute approximate surface area is 175 Å². The van der Waals surface area contributed by atoms with E-state index in [1.54, 1.807) is 25.2 Å². The van der Waals surface area contributed by atoms with Gasteiger partial charge in [-0.05, 0) is 24.3 Å². The molecule has 8 nitrogen and oxygen atoms in total. The van der Waals surface area contributed by atoms with Crippen molar-refractivity contribution in [3.63, 3.8) is 0 Å². The van der Waals surface area contributed by atoms with Crippen molar-refractivity contribution < 1.29 is 19.1 Å². The summed E-state index contributed by atoms with van der Waals surface area (Å²) in [5, 5.41) is 3.23. The van der Waals surface area contributed by atoms with Crippen molar-refractivity contribution in [1.82, 2.24) is 9.55 Å². The quantitative estimate of drug-likeness (QED) is 0.485. The molecule has 2 aromatic carbocycles. The smallest absolute Gasteiger partial charge is 0.315 e. The van der Waals surface area contributed by atoms with Gasteiger partial charge in [0.25, 0.3) is 5.56 Å². The van der Waals surface area contributed by atoms with Gasteiger partial charge in [0.05, 0.1) is 34.4 Å². The van der Waals surface area contributed by atoms with Crippen molar-refractivity contribution in [2.75, 3.05) is 12.4 Å². The maximum absolute atomic E-state index is 12.1. The Morgan fingerprint density at radius 3 is 2.52 bits per heavy atom. The fourth-order valence-electron chi connectivity index (χ4n) is 2.51. The van der Waals surface area contributed by atoms with Gasteiger partial charge < -0.3 is 19.4 Å². The molecule has 0 saturated carbocycles. The number of aryl methyl sites for hydroxylation is 1. The van der Waals surface area contributed by atoms with Crippen LogP contribution in [0, 0.1) is 0 Å². The van der Waals surface area contributed by atoms with Crippen LogP contribution in [0.5, 0.6) is 11.5 Å². The van der Waals surface area contributed by atoms with E-state index in [1.807, 2.05) is 0 Å². The highest BCUT2D eigenvalue weighted by molar-refractivity contribution is 6.37. The highest BCUT2D eigenvalue weighted by atomic mass is 35.5. The molecule has 0 spiro atoms. The number of hydrogen-bond acceptors (Lipinski definition) is 6. The number of fused-ring (bicyclic) bond motifs is 1. The number of nitrogens with zero attached hydrogens (tertiary/aromatic N) is 2. The average Bonchev–Trinajstić information content (AvgIpc) is 2.67. The second-order valence-corrected chi connectivity index (χ2v) is 6.83. The Kier molecular flexibility index (Phi) is 6.05. The molecule has 0 saturated heterocycles. The first-order chi connectivity index (χ1) is 13.8. The van der Waals surface area contributed by atoms with Gasteiger partial charge >= 0.3 is 5.97 Å². The van der Waals surface area contributed by atoms with Gasteiger partial charge in [-0.25, -0.2) is 4.98 Å². The number of anilines is 1. The lowest BCUT2D eigenvalue weighted by molar-refractivity contribution is -0.142. The third-order valence-corrected chi connectivity index (χ3v) is 4.49. The van der Waals surface area contributed by atoms with E-state index in [4.69, 9.17) is 27.9 Å².